The second kappa shape index (κ2) is 11.9. The number of piperidine rings is 1. The van der Waals surface area contributed by atoms with Crippen LogP contribution < -0.4 is 10.6 Å². The summed E-state index contributed by atoms with van der Waals surface area (Å²) in [6.07, 6.45) is -2.60. The minimum atomic E-state index is -5.08. The molecule has 4 rings (SSSR count). The van der Waals surface area contributed by atoms with Crippen LogP contribution in [0.5, 0.6) is 0 Å². The molecule has 0 unspecified atom stereocenters. The summed E-state index contributed by atoms with van der Waals surface area (Å²) in [5.74, 6) is -1.77. The molecule has 1 aromatic carbocycles. The van der Waals surface area contributed by atoms with Gasteiger partial charge < -0.3 is 20.5 Å². The Morgan fingerprint density at radius 3 is 2.40 bits per heavy atom. The van der Waals surface area contributed by atoms with Gasteiger partial charge in [-0.2, -0.15) is 18.2 Å². The first kappa shape index (κ1) is 27.0. The number of H-pyrrole nitrogens is 1. The highest BCUT2D eigenvalue weighted by atomic mass is 35.5. The van der Waals surface area contributed by atoms with Gasteiger partial charge in [-0.25, -0.2) is 14.3 Å². The number of carboxylic acid groups (broad SMARTS) is 1. The summed E-state index contributed by atoms with van der Waals surface area (Å²) >= 11 is 6.01. The van der Waals surface area contributed by atoms with Gasteiger partial charge in [0.25, 0.3) is 0 Å². The monoisotopic (exact) mass is 522 g/mol. The third-order valence-electron chi connectivity index (χ3n) is 5.91. The molecule has 14 heteroatoms. The molecule has 0 aliphatic carbocycles. The Bertz CT molecular complexity index is 953. The SMILES string of the molecule is Nc1nc(N2CCC(N3C[C@H](CF)OC[C@@H]3Cc3ccc(Cl)cc3)CC2)n[nH]1.O=C(O)C(F)(F)F. The van der Waals surface area contributed by atoms with Gasteiger partial charge in [-0.3, -0.25) is 4.90 Å². The van der Waals surface area contributed by atoms with Crippen LogP contribution in [0.15, 0.2) is 24.3 Å². The van der Waals surface area contributed by atoms with E-state index in [1.807, 2.05) is 12.1 Å². The zero-order chi connectivity index (χ0) is 25.6. The Hall–Kier alpha value is -2.64. The quantitative estimate of drug-likeness (QED) is 0.513. The van der Waals surface area contributed by atoms with E-state index in [9.17, 15) is 17.6 Å². The molecular weight excluding hydrogens is 496 g/mol. The lowest BCUT2D eigenvalue weighted by atomic mass is 9.96. The van der Waals surface area contributed by atoms with E-state index in [4.69, 9.17) is 32.0 Å². The van der Waals surface area contributed by atoms with Gasteiger partial charge in [-0.15, -0.1) is 5.10 Å². The summed E-state index contributed by atoms with van der Waals surface area (Å²) in [6, 6.07) is 8.56. The van der Waals surface area contributed by atoms with Crippen molar-refractivity contribution in [3.05, 3.63) is 34.9 Å². The first-order valence-electron chi connectivity index (χ1n) is 11.0. The highest BCUT2D eigenvalue weighted by Gasteiger charge is 2.38. The van der Waals surface area contributed by atoms with E-state index in [0.29, 0.717) is 31.1 Å². The third-order valence-corrected chi connectivity index (χ3v) is 6.17. The molecule has 0 bridgehead atoms. The largest absolute Gasteiger partial charge is 0.490 e. The number of anilines is 2. The molecule has 35 heavy (non-hydrogen) atoms. The number of halogens is 5. The van der Waals surface area contributed by atoms with Crippen LogP contribution in [-0.2, 0) is 16.0 Å². The zero-order valence-corrected chi connectivity index (χ0v) is 19.5. The minimum Gasteiger partial charge on any atom is -0.475 e. The number of morpholine rings is 1. The predicted molar refractivity (Wildman–Crippen MR) is 121 cm³/mol. The molecule has 2 aromatic rings. The van der Waals surface area contributed by atoms with Crippen LogP contribution in [0.25, 0.3) is 0 Å². The number of hydrogen-bond donors (Lipinski definition) is 3. The van der Waals surface area contributed by atoms with Gasteiger partial charge in [-0.05, 0) is 37.0 Å². The standard InChI is InChI=1S/C19H26ClFN6O.C2HF3O2/c20-14-3-1-13(2-4-14)9-16-12-28-17(10-21)11-27(16)15-5-7-26(8-6-15)19-23-18(22)24-25-19;3-2(4,5)1(6)7/h1-4,15-17H,5-12H2,(H3,22,23,24,25);(H,6,7)/t16-,17-;/m0./s1. The van der Waals surface area contributed by atoms with Crippen molar-refractivity contribution >= 4 is 29.5 Å². The van der Waals surface area contributed by atoms with Gasteiger partial charge in [0.1, 0.15) is 6.67 Å². The molecular formula is C21H27ClF4N6O3. The number of benzene rings is 1. The number of aliphatic carboxylic acids is 1. The molecule has 0 amide bonds. The Labute approximate surface area is 204 Å². The second-order valence-corrected chi connectivity index (χ2v) is 8.77. The smallest absolute Gasteiger partial charge is 0.475 e. The third kappa shape index (κ3) is 7.67. The number of nitrogens with two attached hydrogens (primary N) is 1. The van der Waals surface area contributed by atoms with E-state index in [1.54, 1.807) is 0 Å². The minimum absolute atomic E-state index is 0.236. The highest BCUT2D eigenvalue weighted by molar-refractivity contribution is 6.30. The van der Waals surface area contributed by atoms with Crippen molar-refractivity contribution in [3.8, 4) is 0 Å². The van der Waals surface area contributed by atoms with Gasteiger partial charge in [0, 0.05) is 36.7 Å². The number of hydrogen-bond acceptors (Lipinski definition) is 7. The van der Waals surface area contributed by atoms with Crippen molar-refractivity contribution in [2.45, 2.75) is 43.6 Å². The van der Waals surface area contributed by atoms with Crippen molar-refractivity contribution in [3.63, 3.8) is 0 Å². The Balaban J connectivity index is 0.000000429. The summed E-state index contributed by atoms with van der Waals surface area (Å²) in [6.45, 7) is 2.45. The number of rotatable bonds is 5. The number of nitrogens with one attached hydrogen (secondary N) is 1. The lowest BCUT2D eigenvalue weighted by Crippen LogP contribution is -2.57. The van der Waals surface area contributed by atoms with Crippen LogP contribution in [-0.4, -0.2) is 88.4 Å². The second-order valence-electron chi connectivity index (χ2n) is 8.33. The molecule has 0 radical (unpaired) electrons. The molecule has 4 N–H and O–H groups in total. The fourth-order valence-electron chi connectivity index (χ4n) is 4.19. The van der Waals surface area contributed by atoms with Gasteiger partial charge in [0.05, 0.1) is 12.7 Å². The van der Waals surface area contributed by atoms with E-state index in [-0.39, 0.29) is 12.1 Å². The Morgan fingerprint density at radius 2 is 1.89 bits per heavy atom. The number of carbonyl (C=O) groups is 1. The van der Waals surface area contributed by atoms with E-state index < -0.39 is 18.8 Å². The molecule has 2 aliphatic heterocycles. The Morgan fingerprint density at radius 1 is 1.26 bits per heavy atom. The summed E-state index contributed by atoms with van der Waals surface area (Å²) in [7, 11) is 0. The molecule has 0 saturated carbocycles. The lowest BCUT2D eigenvalue weighted by Gasteiger charge is -2.46. The Kier molecular flexibility index (Phi) is 9.14. The van der Waals surface area contributed by atoms with Gasteiger partial charge >= 0.3 is 12.1 Å². The van der Waals surface area contributed by atoms with E-state index in [1.165, 1.54) is 5.56 Å². The topological polar surface area (TPSA) is 121 Å². The highest BCUT2D eigenvalue weighted by Crippen LogP contribution is 2.27. The fraction of sp³-hybridized carbons (Fsp3) is 0.571. The van der Waals surface area contributed by atoms with Crippen molar-refractivity contribution in [1.29, 1.82) is 0 Å². The number of carboxylic acids is 1. The van der Waals surface area contributed by atoms with Gasteiger partial charge in [0.2, 0.25) is 11.9 Å². The van der Waals surface area contributed by atoms with Gasteiger partial charge in [-0.1, -0.05) is 23.7 Å². The molecule has 2 atom stereocenters. The number of alkyl halides is 4. The number of aromatic nitrogens is 3. The van der Waals surface area contributed by atoms with Crippen LogP contribution in [0.1, 0.15) is 18.4 Å². The average molecular weight is 523 g/mol. The normalized spacial score (nSPS) is 21.9. The first-order valence-corrected chi connectivity index (χ1v) is 11.3. The molecule has 2 saturated heterocycles. The number of aromatic amines is 1. The number of nitrogens with zero attached hydrogens (tertiary/aromatic N) is 4. The average Bonchev–Trinajstić information content (AvgIpc) is 3.27. The summed E-state index contributed by atoms with van der Waals surface area (Å²) < 4.78 is 50.8. The molecule has 1 aromatic heterocycles. The molecule has 2 aliphatic rings. The summed E-state index contributed by atoms with van der Waals surface area (Å²) in [4.78, 5) is 17.7. The van der Waals surface area contributed by atoms with E-state index in [0.717, 1.165) is 37.4 Å². The molecule has 0 spiro atoms. The maximum atomic E-state index is 13.3. The van der Waals surface area contributed by atoms with Crippen molar-refractivity contribution < 1.29 is 32.2 Å². The van der Waals surface area contributed by atoms with Gasteiger partial charge in [0.15, 0.2) is 0 Å². The molecule has 3 heterocycles. The maximum absolute atomic E-state index is 13.3. The zero-order valence-electron chi connectivity index (χ0n) is 18.7. The van der Waals surface area contributed by atoms with E-state index >= 15 is 0 Å². The van der Waals surface area contributed by atoms with Crippen LogP contribution in [0.4, 0.5) is 29.5 Å². The number of nitrogen functional groups attached to an aromatic ring is 1. The van der Waals surface area contributed by atoms with Crippen LogP contribution in [0.2, 0.25) is 5.02 Å². The van der Waals surface area contributed by atoms with E-state index in [2.05, 4.69) is 37.1 Å². The van der Waals surface area contributed by atoms with Crippen molar-refractivity contribution in [2.24, 2.45) is 0 Å². The van der Waals surface area contributed by atoms with Crippen LogP contribution >= 0.6 is 11.6 Å². The predicted octanol–water partition coefficient (Wildman–Crippen LogP) is 2.92. The van der Waals surface area contributed by atoms with Crippen molar-refractivity contribution in [2.75, 3.05) is 43.5 Å². The summed E-state index contributed by atoms with van der Waals surface area (Å²) in [5, 5.41) is 14.7. The first-order chi connectivity index (χ1) is 16.6. The molecule has 9 nitrogen and oxygen atoms in total. The number of ether oxygens (including phenoxy) is 1. The lowest BCUT2D eigenvalue weighted by molar-refractivity contribution is -0.192. The molecule has 2 fully saturated rings. The van der Waals surface area contributed by atoms with Crippen molar-refractivity contribution in [1.82, 2.24) is 20.1 Å². The summed E-state index contributed by atoms with van der Waals surface area (Å²) in [5.41, 5.74) is 6.86. The maximum Gasteiger partial charge on any atom is 0.490 e. The fourth-order valence-corrected chi connectivity index (χ4v) is 4.32. The van der Waals surface area contributed by atoms with Crippen LogP contribution in [0.3, 0.4) is 0 Å². The molecule has 194 valence electrons. The van der Waals surface area contributed by atoms with Crippen LogP contribution in [0, 0.1) is 0 Å².